The van der Waals surface area contributed by atoms with E-state index in [1.807, 2.05) is 0 Å². The number of halogens is 1. The van der Waals surface area contributed by atoms with Crippen molar-refractivity contribution in [2.45, 2.75) is 6.42 Å². The molecule has 1 amide bonds. The van der Waals surface area contributed by atoms with Gasteiger partial charge in [-0.05, 0) is 31.6 Å². The smallest absolute Gasteiger partial charge is 0.238 e. The molecule has 0 unspecified atom stereocenters. The van der Waals surface area contributed by atoms with E-state index in [-0.39, 0.29) is 5.91 Å². The van der Waals surface area contributed by atoms with Crippen molar-refractivity contribution < 1.29 is 9.18 Å². The van der Waals surface area contributed by atoms with Crippen molar-refractivity contribution >= 4 is 11.6 Å². The summed E-state index contributed by atoms with van der Waals surface area (Å²) in [6, 6.07) is 2.73. The number of pyridine rings is 1. The summed E-state index contributed by atoms with van der Waals surface area (Å²) in [4.78, 5) is 17.4. The zero-order valence-electron chi connectivity index (χ0n) is 10.2. The molecule has 0 bridgehead atoms. The Morgan fingerprint density at radius 2 is 2.33 bits per heavy atom. The molecular weight excluding hydrogens is 235 g/mol. The summed E-state index contributed by atoms with van der Waals surface area (Å²) in [7, 11) is 0. The summed E-state index contributed by atoms with van der Waals surface area (Å²) in [5.41, 5.74) is 0.523. The number of anilines is 1. The number of hydrogen-bond donors (Lipinski definition) is 2. The van der Waals surface area contributed by atoms with Gasteiger partial charge in [-0.15, -0.1) is 0 Å². The van der Waals surface area contributed by atoms with Crippen LogP contribution in [-0.2, 0) is 4.79 Å². The summed E-state index contributed by atoms with van der Waals surface area (Å²) in [5.74, 6) is -0.642. The maximum Gasteiger partial charge on any atom is 0.238 e. The number of nitrogens with zero attached hydrogens (tertiary/aromatic N) is 2. The van der Waals surface area contributed by atoms with E-state index in [1.54, 1.807) is 0 Å². The Morgan fingerprint density at radius 3 is 3.11 bits per heavy atom. The van der Waals surface area contributed by atoms with E-state index in [0.717, 1.165) is 32.6 Å². The summed E-state index contributed by atoms with van der Waals surface area (Å²) in [5, 5.41) is 5.99. The minimum absolute atomic E-state index is 0.0923. The molecule has 0 radical (unpaired) electrons. The van der Waals surface area contributed by atoms with E-state index < -0.39 is 5.95 Å². The Morgan fingerprint density at radius 1 is 1.44 bits per heavy atom. The first kappa shape index (κ1) is 12.9. The SMILES string of the molecule is O=C(CN1CCCNCC1)Nc1ccc(F)nc1. The van der Waals surface area contributed by atoms with Gasteiger partial charge in [0.25, 0.3) is 0 Å². The predicted molar refractivity (Wildman–Crippen MR) is 66.8 cm³/mol. The first-order valence-electron chi connectivity index (χ1n) is 6.08. The van der Waals surface area contributed by atoms with Crippen molar-refractivity contribution in [1.82, 2.24) is 15.2 Å². The topological polar surface area (TPSA) is 57.3 Å². The van der Waals surface area contributed by atoms with E-state index in [2.05, 4.69) is 20.5 Å². The van der Waals surface area contributed by atoms with Gasteiger partial charge in [-0.1, -0.05) is 0 Å². The molecule has 6 heteroatoms. The average molecular weight is 252 g/mol. The highest BCUT2D eigenvalue weighted by molar-refractivity contribution is 5.92. The molecule has 18 heavy (non-hydrogen) atoms. The average Bonchev–Trinajstić information content (AvgIpc) is 2.61. The number of rotatable bonds is 3. The number of aromatic nitrogens is 1. The lowest BCUT2D eigenvalue weighted by molar-refractivity contribution is -0.117. The maximum absolute atomic E-state index is 12.6. The monoisotopic (exact) mass is 252 g/mol. The van der Waals surface area contributed by atoms with Gasteiger partial charge in [-0.25, -0.2) is 4.98 Å². The van der Waals surface area contributed by atoms with Gasteiger partial charge in [0.05, 0.1) is 18.4 Å². The molecule has 2 rings (SSSR count). The van der Waals surface area contributed by atoms with E-state index in [4.69, 9.17) is 0 Å². The van der Waals surface area contributed by atoms with Crippen LogP contribution in [0.25, 0.3) is 0 Å². The van der Waals surface area contributed by atoms with Crippen LogP contribution in [0.5, 0.6) is 0 Å². The van der Waals surface area contributed by atoms with Crippen molar-refractivity contribution in [2.24, 2.45) is 0 Å². The summed E-state index contributed by atoms with van der Waals surface area (Å²) in [6.07, 6.45) is 2.36. The second-order valence-corrected chi connectivity index (χ2v) is 4.30. The molecular formula is C12H17FN4O. The molecule has 1 aliphatic heterocycles. The lowest BCUT2D eigenvalue weighted by Gasteiger charge is -2.18. The van der Waals surface area contributed by atoms with Crippen LogP contribution in [0.2, 0.25) is 0 Å². The molecule has 2 heterocycles. The minimum Gasteiger partial charge on any atom is -0.324 e. The Balaban J connectivity index is 1.82. The van der Waals surface area contributed by atoms with Gasteiger partial charge in [0.1, 0.15) is 0 Å². The third-order valence-electron chi connectivity index (χ3n) is 2.81. The van der Waals surface area contributed by atoms with E-state index in [1.165, 1.54) is 18.3 Å². The van der Waals surface area contributed by atoms with Crippen LogP contribution < -0.4 is 10.6 Å². The Hall–Kier alpha value is -1.53. The standard InChI is InChI=1S/C12H17FN4O/c13-11-3-2-10(8-15-11)16-12(18)9-17-6-1-4-14-5-7-17/h2-3,8,14H,1,4-7,9H2,(H,16,18). The lowest BCUT2D eigenvalue weighted by atomic mass is 10.3. The summed E-state index contributed by atoms with van der Waals surface area (Å²) >= 11 is 0. The first-order chi connectivity index (χ1) is 8.74. The Labute approximate surface area is 105 Å². The van der Waals surface area contributed by atoms with Gasteiger partial charge in [0, 0.05) is 13.1 Å². The molecule has 1 aromatic rings. The van der Waals surface area contributed by atoms with Crippen LogP contribution in [0.15, 0.2) is 18.3 Å². The fraction of sp³-hybridized carbons (Fsp3) is 0.500. The molecule has 1 aromatic heterocycles. The summed E-state index contributed by atoms with van der Waals surface area (Å²) in [6.45, 7) is 4.06. The quantitative estimate of drug-likeness (QED) is 0.767. The number of nitrogens with one attached hydrogen (secondary N) is 2. The third-order valence-corrected chi connectivity index (χ3v) is 2.81. The molecule has 2 N–H and O–H groups in total. The van der Waals surface area contributed by atoms with Crippen LogP contribution in [0.4, 0.5) is 10.1 Å². The zero-order chi connectivity index (χ0) is 12.8. The molecule has 0 spiro atoms. The Kier molecular flexibility index (Phi) is 4.60. The van der Waals surface area contributed by atoms with Crippen molar-refractivity contribution in [2.75, 3.05) is 38.0 Å². The fourth-order valence-electron chi connectivity index (χ4n) is 1.91. The predicted octanol–water partition coefficient (Wildman–Crippen LogP) is 0.454. The molecule has 0 saturated carbocycles. The van der Waals surface area contributed by atoms with Gasteiger partial charge < -0.3 is 10.6 Å². The largest absolute Gasteiger partial charge is 0.324 e. The molecule has 98 valence electrons. The lowest BCUT2D eigenvalue weighted by Crippen LogP contribution is -2.35. The number of amides is 1. The molecule has 0 aromatic carbocycles. The molecule has 5 nitrogen and oxygen atoms in total. The van der Waals surface area contributed by atoms with Gasteiger partial charge >= 0.3 is 0 Å². The van der Waals surface area contributed by atoms with Gasteiger partial charge in [0.2, 0.25) is 11.9 Å². The van der Waals surface area contributed by atoms with Gasteiger partial charge in [-0.2, -0.15) is 4.39 Å². The van der Waals surface area contributed by atoms with Crippen molar-refractivity contribution in [3.8, 4) is 0 Å². The molecule has 0 atom stereocenters. The third kappa shape index (κ3) is 4.05. The number of hydrogen-bond acceptors (Lipinski definition) is 4. The van der Waals surface area contributed by atoms with Crippen LogP contribution in [0.3, 0.4) is 0 Å². The second kappa shape index (κ2) is 6.42. The van der Waals surface area contributed by atoms with E-state index in [9.17, 15) is 9.18 Å². The van der Waals surface area contributed by atoms with Crippen LogP contribution in [0.1, 0.15) is 6.42 Å². The highest BCUT2D eigenvalue weighted by Crippen LogP contribution is 2.05. The first-order valence-corrected chi connectivity index (χ1v) is 6.08. The molecule has 1 fully saturated rings. The maximum atomic E-state index is 12.6. The second-order valence-electron chi connectivity index (χ2n) is 4.30. The van der Waals surface area contributed by atoms with Gasteiger partial charge in [0.15, 0.2) is 0 Å². The van der Waals surface area contributed by atoms with Crippen LogP contribution in [-0.4, -0.2) is 48.5 Å². The highest BCUT2D eigenvalue weighted by atomic mass is 19.1. The molecule has 0 aliphatic carbocycles. The highest BCUT2D eigenvalue weighted by Gasteiger charge is 2.12. The minimum atomic E-state index is -0.549. The molecule has 1 aliphatic rings. The zero-order valence-corrected chi connectivity index (χ0v) is 10.2. The van der Waals surface area contributed by atoms with Crippen LogP contribution in [0, 0.1) is 5.95 Å². The van der Waals surface area contributed by atoms with Crippen molar-refractivity contribution in [3.63, 3.8) is 0 Å². The van der Waals surface area contributed by atoms with E-state index >= 15 is 0 Å². The number of carbonyl (C=O) groups is 1. The summed E-state index contributed by atoms with van der Waals surface area (Å²) < 4.78 is 12.6. The van der Waals surface area contributed by atoms with Gasteiger partial charge in [-0.3, -0.25) is 9.69 Å². The number of carbonyl (C=O) groups excluding carboxylic acids is 1. The normalized spacial score (nSPS) is 17.2. The van der Waals surface area contributed by atoms with E-state index in [0.29, 0.717) is 12.2 Å². The Bertz CT molecular complexity index is 388. The van der Waals surface area contributed by atoms with Crippen molar-refractivity contribution in [1.29, 1.82) is 0 Å². The molecule has 1 saturated heterocycles. The van der Waals surface area contributed by atoms with Crippen molar-refractivity contribution in [3.05, 3.63) is 24.3 Å². The fourth-order valence-corrected chi connectivity index (χ4v) is 1.91. The van der Waals surface area contributed by atoms with Crippen LogP contribution >= 0.6 is 0 Å².